The van der Waals surface area contributed by atoms with Crippen LogP contribution in [-0.2, 0) is 14.8 Å². The molecule has 160 valence electrons. The first kappa shape index (κ1) is 20.1. The molecule has 0 saturated heterocycles. The van der Waals surface area contributed by atoms with Gasteiger partial charge < -0.3 is 4.74 Å². The van der Waals surface area contributed by atoms with E-state index in [-0.39, 0.29) is 17.2 Å². The maximum Gasteiger partial charge on any atom is 0.355 e. The molecular formula is C25H20N2O4S. The van der Waals surface area contributed by atoms with E-state index in [1.807, 2.05) is 42.5 Å². The summed E-state index contributed by atoms with van der Waals surface area (Å²) in [6.07, 6.45) is 0. The number of rotatable bonds is 5. The average molecular weight is 445 g/mol. The van der Waals surface area contributed by atoms with Crippen LogP contribution < -0.4 is 0 Å². The van der Waals surface area contributed by atoms with Gasteiger partial charge in [0.05, 0.1) is 17.0 Å². The van der Waals surface area contributed by atoms with Gasteiger partial charge in [0.1, 0.15) is 11.3 Å². The van der Waals surface area contributed by atoms with E-state index in [2.05, 4.69) is 0 Å². The number of carbonyl (C=O) groups is 1. The Balaban J connectivity index is 1.97. The molecule has 0 aliphatic heterocycles. The number of fused-ring (bicyclic) bond motifs is 3. The SMILES string of the molecule is CCOC(=O)c1cc2c3ccccc3n(S(=O)(=O)c3ccccc3)c2n1-c1ccccc1. The van der Waals surface area contributed by atoms with Gasteiger partial charge in [-0.1, -0.05) is 54.6 Å². The molecule has 0 unspecified atom stereocenters. The molecule has 32 heavy (non-hydrogen) atoms. The maximum atomic E-state index is 13.8. The number of aromatic nitrogens is 2. The largest absolute Gasteiger partial charge is 0.461 e. The highest BCUT2D eigenvalue weighted by Gasteiger charge is 2.29. The summed E-state index contributed by atoms with van der Waals surface area (Å²) in [6, 6.07) is 26.5. The standard InChI is InChI=1S/C25H20N2O4S/c1-2-31-25(28)23-17-21-20-15-9-10-16-22(20)27(32(29,30)19-13-7-4-8-14-19)24(21)26(23)18-11-5-3-6-12-18/h3-17H,2H2,1H3. The highest BCUT2D eigenvalue weighted by atomic mass is 32.2. The van der Waals surface area contributed by atoms with Gasteiger partial charge in [0, 0.05) is 16.5 Å². The Morgan fingerprint density at radius 3 is 2.16 bits per heavy atom. The third kappa shape index (κ3) is 3.01. The van der Waals surface area contributed by atoms with E-state index < -0.39 is 16.0 Å². The zero-order valence-electron chi connectivity index (χ0n) is 17.3. The minimum atomic E-state index is -3.96. The lowest BCUT2D eigenvalue weighted by atomic mass is 10.2. The van der Waals surface area contributed by atoms with Gasteiger partial charge in [-0.15, -0.1) is 0 Å². The van der Waals surface area contributed by atoms with Gasteiger partial charge in [0.2, 0.25) is 0 Å². The van der Waals surface area contributed by atoms with Crippen molar-refractivity contribution in [3.63, 3.8) is 0 Å². The van der Waals surface area contributed by atoms with Crippen LogP contribution in [0, 0.1) is 0 Å². The van der Waals surface area contributed by atoms with Crippen LogP contribution in [0.4, 0.5) is 0 Å². The number of ether oxygens (including phenoxy) is 1. The predicted octanol–water partition coefficient (Wildman–Crippen LogP) is 5.00. The highest BCUT2D eigenvalue weighted by molar-refractivity contribution is 7.90. The summed E-state index contributed by atoms with van der Waals surface area (Å²) in [5.41, 5.74) is 1.87. The van der Waals surface area contributed by atoms with Crippen molar-refractivity contribution >= 4 is 37.9 Å². The van der Waals surface area contributed by atoms with Gasteiger partial charge in [-0.25, -0.2) is 17.2 Å². The Morgan fingerprint density at radius 1 is 0.844 bits per heavy atom. The van der Waals surface area contributed by atoms with E-state index in [1.165, 1.54) is 3.97 Å². The molecule has 0 atom stereocenters. The Bertz CT molecular complexity index is 1550. The molecule has 0 amide bonds. The fraction of sp³-hybridized carbons (Fsp3) is 0.0800. The first-order valence-electron chi connectivity index (χ1n) is 10.2. The molecule has 0 aliphatic rings. The molecule has 0 bridgehead atoms. The summed E-state index contributed by atoms with van der Waals surface area (Å²) in [6.45, 7) is 1.95. The van der Waals surface area contributed by atoms with Gasteiger partial charge in [-0.05, 0) is 43.3 Å². The third-order valence-corrected chi connectivity index (χ3v) is 7.08. The van der Waals surface area contributed by atoms with Crippen molar-refractivity contribution in [2.24, 2.45) is 0 Å². The third-order valence-electron chi connectivity index (χ3n) is 5.36. The van der Waals surface area contributed by atoms with Gasteiger partial charge in [-0.3, -0.25) is 4.57 Å². The average Bonchev–Trinajstić information content (AvgIpc) is 3.35. The maximum absolute atomic E-state index is 13.8. The smallest absolute Gasteiger partial charge is 0.355 e. The molecule has 0 N–H and O–H groups in total. The zero-order chi connectivity index (χ0) is 22.3. The molecule has 5 aromatic rings. The second-order valence-corrected chi connectivity index (χ2v) is 9.04. The van der Waals surface area contributed by atoms with Crippen LogP contribution in [-0.4, -0.2) is 29.5 Å². The summed E-state index contributed by atoms with van der Waals surface area (Å²) in [5.74, 6) is -0.514. The highest BCUT2D eigenvalue weighted by Crippen LogP contribution is 2.36. The minimum Gasteiger partial charge on any atom is -0.461 e. The second-order valence-electron chi connectivity index (χ2n) is 7.26. The van der Waals surface area contributed by atoms with Crippen molar-refractivity contribution in [3.05, 3.63) is 96.7 Å². The van der Waals surface area contributed by atoms with Crippen LogP contribution in [0.15, 0.2) is 95.9 Å². The van der Waals surface area contributed by atoms with E-state index in [0.29, 0.717) is 22.2 Å². The number of benzene rings is 3. The monoisotopic (exact) mass is 444 g/mol. The Labute approximate surface area is 185 Å². The van der Waals surface area contributed by atoms with Crippen LogP contribution in [0.25, 0.3) is 27.6 Å². The summed E-state index contributed by atoms with van der Waals surface area (Å²) in [7, 11) is -3.96. The summed E-state index contributed by atoms with van der Waals surface area (Å²) in [5, 5.41) is 1.40. The molecule has 2 heterocycles. The van der Waals surface area contributed by atoms with E-state index >= 15 is 0 Å². The van der Waals surface area contributed by atoms with Crippen molar-refractivity contribution in [3.8, 4) is 5.69 Å². The predicted molar refractivity (Wildman–Crippen MR) is 124 cm³/mol. The second kappa shape index (κ2) is 7.69. The van der Waals surface area contributed by atoms with Crippen molar-refractivity contribution in [1.82, 2.24) is 8.54 Å². The van der Waals surface area contributed by atoms with Gasteiger partial charge >= 0.3 is 5.97 Å². The van der Waals surface area contributed by atoms with Gasteiger partial charge in [-0.2, -0.15) is 0 Å². The van der Waals surface area contributed by atoms with Gasteiger partial charge in [0.15, 0.2) is 0 Å². The van der Waals surface area contributed by atoms with E-state index in [1.54, 1.807) is 60.0 Å². The number of para-hydroxylation sites is 2. The molecule has 0 spiro atoms. The summed E-state index contributed by atoms with van der Waals surface area (Å²) >= 11 is 0. The Hall–Kier alpha value is -3.84. The molecular weight excluding hydrogens is 424 g/mol. The zero-order valence-corrected chi connectivity index (χ0v) is 18.1. The van der Waals surface area contributed by atoms with E-state index in [0.717, 1.165) is 5.39 Å². The minimum absolute atomic E-state index is 0.168. The molecule has 6 nitrogen and oxygen atoms in total. The first-order valence-corrected chi connectivity index (χ1v) is 11.7. The Morgan fingerprint density at radius 2 is 1.47 bits per heavy atom. The van der Waals surface area contributed by atoms with Gasteiger partial charge in [0.25, 0.3) is 10.0 Å². The Kier molecular flexibility index (Phi) is 4.83. The number of esters is 1. The van der Waals surface area contributed by atoms with Crippen LogP contribution >= 0.6 is 0 Å². The fourth-order valence-corrected chi connectivity index (χ4v) is 5.56. The van der Waals surface area contributed by atoms with Crippen molar-refractivity contribution in [1.29, 1.82) is 0 Å². The lowest BCUT2D eigenvalue weighted by Gasteiger charge is -2.14. The molecule has 0 radical (unpaired) electrons. The normalized spacial score (nSPS) is 11.8. The number of hydrogen-bond acceptors (Lipinski definition) is 4. The summed E-state index contributed by atoms with van der Waals surface area (Å²) in [4.78, 5) is 13.0. The van der Waals surface area contributed by atoms with Crippen LogP contribution in [0.1, 0.15) is 17.4 Å². The topological polar surface area (TPSA) is 70.3 Å². The molecule has 0 saturated carbocycles. The van der Waals surface area contributed by atoms with Crippen molar-refractivity contribution in [2.75, 3.05) is 6.61 Å². The number of hydrogen-bond donors (Lipinski definition) is 0. The van der Waals surface area contributed by atoms with Crippen molar-refractivity contribution in [2.45, 2.75) is 11.8 Å². The van der Waals surface area contributed by atoms with E-state index in [4.69, 9.17) is 4.74 Å². The number of carbonyl (C=O) groups excluding carboxylic acids is 1. The molecule has 3 aromatic carbocycles. The molecule has 2 aromatic heterocycles. The summed E-state index contributed by atoms with van der Waals surface area (Å²) < 4.78 is 36.0. The fourth-order valence-electron chi connectivity index (χ4n) is 4.03. The molecule has 5 rings (SSSR count). The molecule has 7 heteroatoms. The lowest BCUT2D eigenvalue weighted by Crippen LogP contribution is -2.17. The molecule has 0 fully saturated rings. The van der Waals surface area contributed by atoms with Crippen LogP contribution in [0.3, 0.4) is 0 Å². The molecule has 0 aliphatic carbocycles. The number of nitrogens with zero attached hydrogens (tertiary/aromatic N) is 2. The first-order chi connectivity index (χ1) is 15.5. The quantitative estimate of drug-likeness (QED) is 0.358. The van der Waals surface area contributed by atoms with Crippen molar-refractivity contribution < 1.29 is 17.9 Å². The van der Waals surface area contributed by atoms with E-state index in [9.17, 15) is 13.2 Å². The lowest BCUT2D eigenvalue weighted by molar-refractivity contribution is 0.0517. The van der Waals surface area contributed by atoms with Crippen LogP contribution in [0.5, 0.6) is 0 Å². The van der Waals surface area contributed by atoms with Crippen LogP contribution in [0.2, 0.25) is 0 Å².